The molecule has 4 aliphatic carbocycles. The quantitative estimate of drug-likeness (QED) is 0.0157. The predicted octanol–water partition coefficient (Wildman–Crippen LogP) is 7.75. The zero-order valence-corrected chi connectivity index (χ0v) is 55.8. The van der Waals surface area contributed by atoms with Crippen molar-refractivity contribution in [2.24, 2.45) is 16.2 Å². The van der Waals surface area contributed by atoms with E-state index in [4.69, 9.17) is 38.5 Å². The average molecular weight is 1380 g/mol. The molecule has 522 valence electrons. The lowest BCUT2D eigenvalue weighted by molar-refractivity contribution is -0.271. The number of ether oxygens (including phenoxy) is 6. The zero-order valence-electron chi connectivity index (χ0n) is 55.0. The van der Waals surface area contributed by atoms with Gasteiger partial charge in [-0.05, 0) is 136 Å². The number of aromatic carboxylic acids is 1. The summed E-state index contributed by atoms with van der Waals surface area (Å²) in [6.45, 7) is 8.30. The maximum atomic E-state index is 13.7. The van der Waals surface area contributed by atoms with E-state index in [9.17, 15) is 59.1 Å². The van der Waals surface area contributed by atoms with Gasteiger partial charge in [0, 0.05) is 103 Å². The molecule has 0 spiro atoms. The number of carboxylic acid groups (broad SMARTS) is 2. The van der Waals surface area contributed by atoms with Crippen molar-refractivity contribution in [1.82, 2.24) is 40.3 Å². The minimum absolute atomic E-state index is 0.0147. The van der Waals surface area contributed by atoms with Crippen LogP contribution in [0.15, 0.2) is 103 Å². The average Bonchev–Trinajstić information content (AvgIpc) is 1.11. The SMILES string of the molecule is Cc1c(-c2ccc(-c3cnc4cccc(C(=O)Nc5nc6ccccc6s5)c4c3)nc2C(=O)O)cnn1CC12CC3(C)CC(C)(C1)CC(OCCCNC(=O)OCc1ccc(OCCOCCNC(=O)CCCCCN4C(=O)C=CC4=O)cc1O[C@@H]1O[C@H](C(=O)O)[C@@H](O)[C@H](O)[C@H]1O)(C3)C2. The third-order valence-corrected chi connectivity index (χ3v) is 20.1. The molecule has 4 bridgehead atoms. The summed E-state index contributed by atoms with van der Waals surface area (Å²) in [6, 6.07) is 22.7. The minimum atomic E-state index is -1.97. The predicted molar refractivity (Wildman–Crippen MR) is 358 cm³/mol. The Morgan fingerprint density at radius 1 is 0.747 bits per heavy atom. The van der Waals surface area contributed by atoms with E-state index in [1.54, 1.807) is 54.9 Å². The number of benzene rings is 3. The van der Waals surface area contributed by atoms with Crippen LogP contribution in [0.5, 0.6) is 11.5 Å². The highest BCUT2D eigenvalue weighted by Crippen LogP contribution is 2.72. The van der Waals surface area contributed by atoms with E-state index < -0.39 is 54.3 Å². The Morgan fingerprint density at radius 3 is 2.29 bits per heavy atom. The molecule has 3 aromatic carbocycles. The number of carbonyl (C=O) groups excluding carboxylic acids is 5. The number of hydrogen-bond acceptors (Lipinski definition) is 21. The Hall–Kier alpha value is -9.29. The number of nitrogens with zero attached hydrogens (tertiary/aromatic N) is 6. The van der Waals surface area contributed by atoms with Crippen LogP contribution in [0, 0.1) is 23.2 Å². The summed E-state index contributed by atoms with van der Waals surface area (Å²) in [4.78, 5) is 103. The summed E-state index contributed by atoms with van der Waals surface area (Å²) in [5.41, 5.74) is 3.94. The first-order chi connectivity index (χ1) is 47.5. The number of rotatable bonds is 30. The Labute approximate surface area is 572 Å². The summed E-state index contributed by atoms with van der Waals surface area (Å²) in [5, 5.41) is 66.5. The zero-order chi connectivity index (χ0) is 69.8. The number of amides is 5. The molecule has 4 saturated carbocycles. The van der Waals surface area contributed by atoms with Gasteiger partial charge in [-0.1, -0.05) is 49.8 Å². The Kier molecular flexibility index (Phi) is 20.6. The molecule has 4 aromatic heterocycles. The summed E-state index contributed by atoms with van der Waals surface area (Å²) < 4.78 is 38.3. The topological polar surface area (TPSA) is 372 Å². The van der Waals surface area contributed by atoms with Crippen LogP contribution in [-0.2, 0) is 51.3 Å². The molecular formula is C71H79N9O18S. The van der Waals surface area contributed by atoms with Crippen molar-refractivity contribution < 1.29 is 87.5 Å². The van der Waals surface area contributed by atoms with Crippen LogP contribution in [-0.4, -0.2) is 179 Å². The molecule has 8 N–H and O–H groups in total. The van der Waals surface area contributed by atoms with E-state index in [0.29, 0.717) is 89.4 Å². The molecule has 6 heterocycles. The molecule has 2 aliphatic heterocycles. The van der Waals surface area contributed by atoms with E-state index in [1.807, 2.05) is 35.9 Å². The molecule has 2 unspecified atom stereocenters. The molecule has 6 aliphatic rings. The largest absolute Gasteiger partial charge is 0.491 e. The molecule has 1 saturated heterocycles. The first kappa shape index (κ1) is 69.6. The van der Waals surface area contributed by atoms with Crippen molar-refractivity contribution in [3.63, 3.8) is 0 Å². The monoisotopic (exact) mass is 1380 g/mol. The number of aliphatic hydroxyl groups is 3. The summed E-state index contributed by atoms with van der Waals surface area (Å²) in [7, 11) is 0. The van der Waals surface area contributed by atoms with Gasteiger partial charge in [-0.15, -0.1) is 0 Å². The van der Waals surface area contributed by atoms with Gasteiger partial charge < -0.3 is 64.6 Å². The second-order valence-corrected chi connectivity index (χ2v) is 28.2. The lowest BCUT2D eigenvalue weighted by Crippen LogP contribution is -2.64. The van der Waals surface area contributed by atoms with Crippen LogP contribution in [0.2, 0.25) is 0 Å². The molecule has 0 radical (unpaired) electrons. The molecule has 28 heteroatoms. The van der Waals surface area contributed by atoms with Gasteiger partial charge in [0.05, 0.1) is 46.4 Å². The number of carbonyl (C=O) groups is 7. The highest BCUT2D eigenvalue weighted by Gasteiger charge is 2.66. The van der Waals surface area contributed by atoms with Crippen LogP contribution < -0.4 is 25.4 Å². The number of aromatic nitrogens is 5. The third kappa shape index (κ3) is 15.8. The Bertz CT molecular complexity index is 4200. The first-order valence-electron chi connectivity index (χ1n) is 33.1. The molecule has 7 atom stereocenters. The van der Waals surface area contributed by atoms with Gasteiger partial charge >= 0.3 is 18.0 Å². The number of pyridine rings is 2. The fourth-order valence-corrected chi connectivity index (χ4v) is 16.7. The lowest BCUT2D eigenvalue weighted by atomic mass is 9.39. The number of nitrogens with one attached hydrogen (secondary N) is 3. The third-order valence-electron chi connectivity index (χ3n) is 19.1. The maximum Gasteiger partial charge on any atom is 0.407 e. The van der Waals surface area contributed by atoms with Crippen molar-refractivity contribution in [3.8, 4) is 33.9 Å². The van der Waals surface area contributed by atoms with Crippen LogP contribution >= 0.6 is 11.3 Å². The highest BCUT2D eigenvalue weighted by molar-refractivity contribution is 7.22. The van der Waals surface area contributed by atoms with Crippen LogP contribution in [0.4, 0.5) is 9.93 Å². The molecule has 5 fully saturated rings. The number of para-hydroxylation sites is 1. The van der Waals surface area contributed by atoms with Gasteiger partial charge in [0.1, 0.15) is 43.0 Å². The number of unbranched alkanes of at least 4 members (excludes halogenated alkanes) is 2. The number of aliphatic carboxylic acids is 1. The van der Waals surface area contributed by atoms with E-state index in [-0.39, 0.29) is 109 Å². The summed E-state index contributed by atoms with van der Waals surface area (Å²) in [6.07, 6.45) is 3.61. The molecule has 7 aromatic rings. The number of anilines is 1. The van der Waals surface area contributed by atoms with Gasteiger partial charge in [0.15, 0.2) is 16.9 Å². The van der Waals surface area contributed by atoms with Crippen molar-refractivity contribution in [2.75, 3.05) is 51.4 Å². The fourth-order valence-electron chi connectivity index (χ4n) is 15.8. The Balaban J connectivity index is 0.634. The number of carboxylic acids is 2. The Morgan fingerprint density at radius 2 is 1.53 bits per heavy atom. The standard InChI is InChI=1S/C71H79N9O18S/c1-41-48(45-18-19-49(76-57(45)63(88)89)43-29-47-46(11-9-13-50(47)74-31-43)62(87)78-66-77-51-12-6-7-14-53(51)99-66)32-75-80(41)40-70-35-68(2)34-69(3,36-70)38-71(37-68,39-70)96-25-10-22-73-67(92)95-33-42-16-17-44(30-52(42)97-65-60(86)58(84)59(85)61(98-65)64(90)91)94-28-27-93-26-23-72-54(81)15-5-4-8-24-79-55(82)20-21-56(79)83/h6-7,9,11-14,16-21,29-32,58-61,65,84-86H,4-5,8,10,15,22-28,33-40H2,1-3H3,(H,72,81)(H,73,92)(H,88,89)(H,90,91)(H,77,78,87)/t58-,59-,60+,61-,65+,68?,69?,70?,71?/m0/s1. The molecule has 5 amide bonds. The van der Waals surface area contributed by atoms with Crippen molar-refractivity contribution in [2.45, 2.75) is 141 Å². The van der Waals surface area contributed by atoms with Crippen molar-refractivity contribution >= 4 is 79.2 Å². The maximum absolute atomic E-state index is 13.7. The normalized spacial score (nSPS) is 24.5. The smallest absolute Gasteiger partial charge is 0.407 e. The van der Waals surface area contributed by atoms with Crippen LogP contribution in [0.1, 0.15) is 117 Å². The van der Waals surface area contributed by atoms with Gasteiger partial charge in [-0.2, -0.15) is 5.10 Å². The van der Waals surface area contributed by atoms with Gasteiger partial charge in [-0.25, -0.2) is 24.4 Å². The van der Waals surface area contributed by atoms with Gasteiger partial charge in [0.2, 0.25) is 12.2 Å². The molecule has 27 nitrogen and oxygen atoms in total. The van der Waals surface area contributed by atoms with Gasteiger partial charge in [-0.3, -0.25) is 39.1 Å². The van der Waals surface area contributed by atoms with Crippen LogP contribution in [0.25, 0.3) is 43.5 Å². The van der Waals surface area contributed by atoms with E-state index in [1.165, 1.54) is 40.5 Å². The van der Waals surface area contributed by atoms with E-state index in [0.717, 1.165) is 54.4 Å². The van der Waals surface area contributed by atoms with E-state index >= 15 is 0 Å². The second-order valence-electron chi connectivity index (χ2n) is 27.2. The number of hydrogen-bond donors (Lipinski definition) is 8. The number of alkyl carbamates (subject to hydrolysis) is 1. The summed E-state index contributed by atoms with van der Waals surface area (Å²) in [5.74, 6) is -3.84. The molecule has 99 heavy (non-hydrogen) atoms. The fraction of sp³-hybridized carbons (Fsp3) is 0.451. The highest BCUT2D eigenvalue weighted by atomic mass is 32.1. The molecule has 13 rings (SSSR count). The number of fused-ring (bicyclic) bond motifs is 2. The minimum Gasteiger partial charge on any atom is -0.491 e. The van der Waals surface area contributed by atoms with E-state index in [2.05, 4.69) is 39.8 Å². The number of aliphatic hydroxyl groups excluding tert-OH is 3. The lowest BCUT2D eigenvalue weighted by Gasteiger charge is -2.69. The van der Waals surface area contributed by atoms with Crippen molar-refractivity contribution in [3.05, 3.63) is 126 Å². The van der Waals surface area contributed by atoms with Crippen LogP contribution in [0.3, 0.4) is 0 Å². The first-order valence-corrected chi connectivity index (χ1v) is 33.9. The van der Waals surface area contributed by atoms with Gasteiger partial charge in [0.25, 0.3) is 17.7 Å². The number of imide groups is 1. The number of thiazole rings is 1. The second kappa shape index (κ2) is 29.3. The molecular weight excluding hydrogens is 1300 g/mol. The van der Waals surface area contributed by atoms with Crippen molar-refractivity contribution in [1.29, 1.82) is 0 Å². The summed E-state index contributed by atoms with van der Waals surface area (Å²) >= 11 is 1.37.